The number of para-hydroxylation sites is 5. The summed E-state index contributed by atoms with van der Waals surface area (Å²) in [6.45, 7) is 0. The van der Waals surface area contributed by atoms with Crippen molar-refractivity contribution >= 4 is 34.1 Å². The lowest BCUT2D eigenvalue weighted by atomic mass is 9.60. The lowest BCUT2D eigenvalue weighted by Gasteiger charge is -2.51. The molecule has 2 aliphatic heterocycles. The second-order valence-corrected chi connectivity index (χ2v) is 14.7. The van der Waals surface area contributed by atoms with Gasteiger partial charge in [0.2, 0.25) is 0 Å². The van der Waals surface area contributed by atoms with E-state index in [1.165, 1.54) is 11.1 Å². The van der Waals surface area contributed by atoms with E-state index in [0.717, 1.165) is 61.9 Å². The van der Waals surface area contributed by atoms with Crippen LogP contribution in [-0.4, -0.2) is 15.0 Å². The van der Waals surface area contributed by atoms with Crippen molar-refractivity contribution in [3.05, 3.63) is 234 Å². The maximum Gasteiger partial charge on any atom is 0.166 e. The largest absolute Gasteiger partial charge is 0.310 e. The minimum atomic E-state index is -0.691. The molecule has 0 fully saturated rings. The van der Waals surface area contributed by atoms with Crippen molar-refractivity contribution in [3.63, 3.8) is 0 Å². The van der Waals surface area contributed by atoms with Crippen LogP contribution >= 0.6 is 0 Å². The van der Waals surface area contributed by atoms with E-state index in [0.29, 0.717) is 23.0 Å². The van der Waals surface area contributed by atoms with Crippen LogP contribution in [0.1, 0.15) is 27.8 Å². The summed E-state index contributed by atoms with van der Waals surface area (Å²) in [5, 5.41) is 10.4. The highest BCUT2D eigenvalue weighted by atomic mass is 15.2. The highest BCUT2D eigenvalue weighted by molar-refractivity contribution is 5.98. The van der Waals surface area contributed by atoms with E-state index in [1.807, 2.05) is 78.9 Å². The highest BCUT2D eigenvalue weighted by Crippen LogP contribution is 2.64. The molecule has 6 nitrogen and oxygen atoms in total. The van der Waals surface area contributed by atoms with Crippen LogP contribution in [0.5, 0.6) is 0 Å². The first-order chi connectivity index (χ1) is 29.2. The molecule has 0 aliphatic carbocycles. The summed E-state index contributed by atoms with van der Waals surface area (Å²) < 4.78 is 0. The second-order valence-electron chi connectivity index (χ2n) is 14.7. The number of aromatic nitrogens is 3. The van der Waals surface area contributed by atoms with Gasteiger partial charge in [0.05, 0.1) is 45.5 Å². The van der Waals surface area contributed by atoms with Gasteiger partial charge in [-0.25, -0.2) is 15.0 Å². The maximum absolute atomic E-state index is 10.4. The lowest BCUT2D eigenvalue weighted by molar-refractivity contribution is 0.719. The van der Waals surface area contributed by atoms with E-state index in [4.69, 9.17) is 15.0 Å². The van der Waals surface area contributed by atoms with E-state index in [1.54, 1.807) is 0 Å². The van der Waals surface area contributed by atoms with E-state index < -0.39 is 5.41 Å². The van der Waals surface area contributed by atoms with Crippen molar-refractivity contribution in [1.82, 2.24) is 15.0 Å². The average Bonchev–Trinajstić information content (AvgIpc) is 3.32. The van der Waals surface area contributed by atoms with Gasteiger partial charge in [-0.05, 0) is 76.9 Å². The Hall–Kier alpha value is -8.14. The number of anilines is 6. The average molecular weight is 755 g/mol. The normalized spacial score (nSPS) is 13.1. The monoisotopic (exact) mass is 754 g/mol. The molecule has 0 saturated heterocycles. The predicted molar refractivity (Wildman–Crippen MR) is 236 cm³/mol. The quantitative estimate of drug-likeness (QED) is 0.174. The van der Waals surface area contributed by atoms with Crippen molar-refractivity contribution < 1.29 is 0 Å². The van der Waals surface area contributed by atoms with Crippen molar-refractivity contribution in [2.45, 2.75) is 5.41 Å². The van der Waals surface area contributed by atoms with Crippen LogP contribution in [0.25, 0.3) is 34.2 Å². The molecule has 9 aromatic rings. The SMILES string of the molecule is N#Cc1ccc(-c2nc(-c3ccccc3)nc(-c3ccccc3)n2)c(N2c3ccccc3C3(c4ccccc4N(c4ccccc4)c4ccccc43)c3ccccc32)c1. The van der Waals surface area contributed by atoms with Crippen molar-refractivity contribution in [2.75, 3.05) is 9.80 Å². The zero-order valence-electron chi connectivity index (χ0n) is 31.8. The summed E-state index contributed by atoms with van der Waals surface area (Å²) >= 11 is 0. The summed E-state index contributed by atoms with van der Waals surface area (Å²) in [6, 6.07) is 73.8. The molecule has 3 heterocycles. The number of hydrogen-bond acceptors (Lipinski definition) is 6. The Morgan fingerprint density at radius 2 is 0.763 bits per heavy atom. The molecular weight excluding hydrogens is 721 g/mol. The van der Waals surface area contributed by atoms with Crippen LogP contribution in [0.2, 0.25) is 0 Å². The molecule has 6 heteroatoms. The fourth-order valence-corrected chi connectivity index (χ4v) is 9.09. The number of rotatable bonds is 5. The van der Waals surface area contributed by atoms with Crippen LogP contribution in [0, 0.1) is 11.3 Å². The van der Waals surface area contributed by atoms with Crippen molar-refractivity contribution in [3.8, 4) is 40.2 Å². The smallest absolute Gasteiger partial charge is 0.166 e. The molecule has 0 radical (unpaired) electrons. The number of hydrogen-bond donors (Lipinski definition) is 0. The molecule has 11 rings (SSSR count). The van der Waals surface area contributed by atoms with Crippen molar-refractivity contribution in [2.24, 2.45) is 0 Å². The molecule has 59 heavy (non-hydrogen) atoms. The predicted octanol–water partition coefficient (Wildman–Crippen LogP) is 12.7. The molecule has 0 N–H and O–H groups in total. The number of benzene rings is 8. The molecule has 8 aromatic carbocycles. The van der Waals surface area contributed by atoms with Crippen LogP contribution in [-0.2, 0) is 5.41 Å². The third kappa shape index (κ3) is 5.30. The van der Waals surface area contributed by atoms with Crippen molar-refractivity contribution in [1.29, 1.82) is 5.26 Å². The van der Waals surface area contributed by atoms with Crippen LogP contribution in [0.4, 0.5) is 34.1 Å². The van der Waals surface area contributed by atoms with Gasteiger partial charge >= 0.3 is 0 Å². The fourth-order valence-electron chi connectivity index (χ4n) is 9.09. The van der Waals surface area contributed by atoms with Gasteiger partial charge in [0.15, 0.2) is 17.5 Å². The van der Waals surface area contributed by atoms with Gasteiger partial charge in [-0.1, -0.05) is 152 Å². The molecular formula is C53H34N6. The Labute approximate surface area is 342 Å². The third-order valence-corrected chi connectivity index (χ3v) is 11.5. The first-order valence-corrected chi connectivity index (χ1v) is 19.7. The van der Waals surface area contributed by atoms with Crippen LogP contribution in [0.3, 0.4) is 0 Å². The molecule has 1 aromatic heterocycles. The zero-order chi connectivity index (χ0) is 39.3. The lowest BCUT2D eigenvalue weighted by Crippen LogP contribution is -2.42. The molecule has 276 valence electrons. The Morgan fingerprint density at radius 1 is 0.373 bits per heavy atom. The number of nitrogens with zero attached hydrogens (tertiary/aromatic N) is 6. The summed E-state index contributed by atoms with van der Waals surface area (Å²) in [7, 11) is 0. The van der Waals surface area contributed by atoms with Crippen LogP contribution in [0.15, 0.2) is 206 Å². The molecule has 1 spiro atoms. The summed E-state index contributed by atoms with van der Waals surface area (Å²) in [5.41, 5.74) is 13.2. The standard InChI is InChI=1S/C53H34N6/c54-35-36-32-33-40(52-56-50(37-18-4-1-5-19-37)55-51(57-52)38-20-6-2-7-21-38)49(34-36)59-47-30-16-12-26-43(47)53(44-27-13-17-31-48(44)59)41-24-10-14-28-45(41)58(39-22-8-3-9-23-39)46-29-15-11-25-42(46)53/h1-34H. The van der Waals surface area contributed by atoms with E-state index in [-0.39, 0.29) is 0 Å². The number of fused-ring (bicyclic) bond motifs is 8. The highest BCUT2D eigenvalue weighted by Gasteiger charge is 2.51. The van der Waals surface area contributed by atoms with E-state index in [9.17, 15) is 5.26 Å². The minimum Gasteiger partial charge on any atom is -0.310 e. The van der Waals surface area contributed by atoms with E-state index in [2.05, 4.69) is 143 Å². The summed E-state index contributed by atoms with van der Waals surface area (Å²) in [6.07, 6.45) is 0. The fraction of sp³-hybridized carbons (Fsp3) is 0.0189. The van der Waals surface area contributed by atoms with Gasteiger partial charge in [-0.2, -0.15) is 5.26 Å². The molecule has 0 amide bonds. The molecule has 0 atom stereocenters. The molecule has 2 aliphatic rings. The Kier molecular flexibility index (Phi) is 7.99. The number of nitriles is 1. The maximum atomic E-state index is 10.4. The van der Waals surface area contributed by atoms with Gasteiger partial charge in [-0.15, -0.1) is 0 Å². The van der Waals surface area contributed by atoms with Gasteiger partial charge in [0.25, 0.3) is 0 Å². The molecule has 0 unspecified atom stereocenters. The molecule has 0 bridgehead atoms. The molecule has 0 saturated carbocycles. The first kappa shape index (κ1) is 34.1. The van der Waals surface area contributed by atoms with Gasteiger partial charge in [0.1, 0.15) is 0 Å². The first-order valence-electron chi connectivity index (χ1n) is 19.7. The third-order valence-electron chi connectivity index (χ3n) is 11.5. The van der Waals surface area contributed by atoms with E-state index >= 15 is 0 Å². The Morgan fingerprint density at radius 3 is 1.22 bits per heavy atom. The summed E-state index contributed by atoms with van der Waals surface area (Å²) in [4.78, 5) is 20.0. The zero-order valence-corrected chi connectivity index (χ0v) is 31.8. The Balaban J connectivity index is 1.20. The van der Waals surface area contributed by atoms with Gasteiger partial charge in [0, 0.05) is 22.4 Å². The summed E-state index contributed by atoms with van der Waals surface area (Å²) in [5.74, 6) is 1.66. The minimum absolute atomic E-state index is 0.513. The van der Waals surface area contributed by atoms with Crippen LogP contribution < -0.4 is 9.80 Å². The van der Waals surface area contributed by atoms with Gasteiger partial charge < -0.3 is 9.80 Å². The second kappa shape index (κ2) is 13.8. The van der Waals surface area contributed by atoms with Gasteiger partial charge in [-0.3, -0.25) is 0 Å². The topological polar surface area (TPSA) is 68.9 Å². The Bertz CT molecular complexity index is 2930.